The molecule has 8 nitrogen and oxygen atoms in total. The van der Waals surface area contributed by atoms with Gasteiger partial charge in [-0.3, -0.25) is 14.4 Å². The van der Waals surface area contributed by atoms with Crippen LogP contribution in [0.25, 0.3) is 28.3 Å². The molecule has 0 aliphatic heterocycles. The average molecular weight is 752 g/mol. The van der Waals surface area contributed by atoms with Gasteiger partial charge in [-0.1, -0.05) is 109 Å². The molecule has 5 aromatic carbocycles. The van der Waals surface area contributed by atoms with Crippen molar-refractivity contribution >= 4 is 63.6 Å². The number of aryl methyl sites for hydroxylation is 1. The number of thioether (sulfide) groups is 1. The Morgan fingerprint density at radius 3 is 2.07 bits per heavy atom. The topological polar surface area (TPSA) is 114 Å². The highest BCUT2D eigenvalue weighted by molar-refractivity contribution is 8.00. The van der Waals surface area contributed by atoms with Gasteiger partial charge in [-0.15, -0.1) is 23.1 Å². The lowest BCUT2D eigenvalue weighted by Crippen LogP contribution is -2.30. The van der Waals surface area contributed by atoms with Gasteiger partial charge in [0, 0.05) is 27.1 Å². The van der Waals surface area contributed by atoms with Crippen LogP contribution in [-0.2, 0) is 14.3 Å². The van der Waals surface area contributed by atoms with Crippen LogP contribution in [0.2, 0.25) is 0 Å². The van der Waals surface area contributed by atoms with Gasteiger partial charge < -0.3 is 20.7 Å². The summed E-state index contributed by atoms with van der Waals surface area (Å²) in [5.41, 5.74) is 6.69. The summed E-state index contributed by atoms with van der Waals surface area (Å²) in [5.74, 6) is -1.78. The van der Waals surface area contributed by atoms with Crippen molar-refractivity contribution in [3.63, 3.8) is 0 Å². The molecule has 6 aromatic rings. The molecule has 1 heterocycles. The number of nitrogens with one attached hydrogen (secondary N) is 3. The molecular formula is C44H37N3O5S2. The number of methoxy groups -OCH3 is 1. The number of hydrogen-bond donors (Lipinski definition) is 3. The first kappa shape index (κ1) is 37.5. The van der Waals surface area contributed by atoms with Crippen molar-refractivity contribution in [2.24, 2.45) is 0 Å². The molecule has 0 saturated heterocycles. The van der Waals surface area contributed by atoms with Gasteiger partial charge in [0.2, 0.25) is 5.91 Å². The summed E-state index contributed by atoms with van der Waals surface area (Å²) in [6.45, 7) is 3.75. The number of amides is 3. The van der Waals surface area contributed by atoms with Crippen molar-refractivity contribution in [3.8, 4) is 22.3 Å². The number of rotatable bonds is 12. The van der Waals surface area contributed by atoms with E-state index in [2.05, 4.69) is 16.0 Å². The van der Waals surface area contributed by atoms with Crippen LogP contribution in [0.4, 0.5) is 10.7 Å². The molecule has 54 heavy (non-hydrogen) atoms. The van der Waals surface area contributed by atoms with Gasteiger partial charge >= 0.3 is 5.97 Å². The quantitative estimate of drug-likeness (QED) is 0.0652. The Labute approximate surface area is 322 Å². The summed E-state index contributed by atoms with van der Waals surface area (Å²) in [5, 5.41) is 10.3. The highest BCUT2D eigenvalue weighted by Gasteiger charge is 2.24. The third-order valence-electron chi connectivity index (χ3n) is 8.41. The summed E-state index contributed by atoms with van der Waals surface area (Å²) < 4.78 is 5.07. The van der Waals surface area contributed by atoms with Gasteiger partial charge in [0.15, 0.2) is 0 Å². The zero-order valence-corrected chi connectivity index (χ0v) is 31.4. The average Bonchev–Trinajstić information content (AvgIpc) is 3.61. The third-order valence-corrected chi connectivity index (χ3v) is 10.4. The second-order valence-corrected chi connectivity index (χ2v) is 14.6. The molecule has 0 saturated carbocycles. The van der Waals surface area contributed by atoms with Gasteiger partial charge in [0.05, 0.1) is 12.4 Å². The second kappa shape index (κ2) is 17.5. The fourth-order valence-electron chi connectivity index (χ4n) is 5.53. The Hall–Kier alpha value is -6.23. The molecule has 10 heteroatoms. The molecular weight excluding hydrogens is 715 g/mol. The zero-order chi connectivity index (χ0) is 38.0. The van der Waals surface area contributed by atoms with Crippen LogP contribution in [0, 0.1) is 6.92 Å². The van der Waals surface area contributed by atoms with Gasteiger partial charge in [0.1, 0.15) is 16.3 Å². The van der Waals surface area contributed by atoms with Gasteiger partial charge in [-0.05, 0) is 72.5 Å². The third kappa shape index (κ3) is 9.40. The lowest BCUT2D eigenvalue weighted by atomic mass is 10.0. The van der Waals surface area contributed by atoms with E-state index in [1.165, 1.54) is 30.2 Å². The minimum atomic E-state index is -0.564. The highest BCUT2D eigenvalue weighted by Crippen LogP contribution is 2.37. The fraction of sp³-hybridized carbons (Fsp3) is 0.0909. The maximum atomic E-state index is 13.7. The Balaban J connectivity index is 1.17. The second-order valence-electron chi connectivity index (χ2n) is 12.3. The van der Waals surface area contributed by atoms with Gasteiger partial charge in [-0.2, -0.15) is 0 Å². The van der Waals surface area contributed by atoms with Gasteiger partial charge in [0.25, 0.3) is 11.8 Å². The summed E-state index contributed by atoms with van der Waals surface area (Å²) in [4.78, 5) is 53.9. The molecule has 1 aromatic heterocycles. The predicted octanol–water partition coefficient (Wildman–Crippen LogP) is 9.71. The van der Waals surface area contributed by atoms with Crippen LogP contribution >= 0.6 is 23.1 Å². The summed E-state index contributed by atoms with van der Waals surface area (Å²) in [6, 6.07) is 41.2. The van der Waals surface area contributed by atoms with Crippen molar-refractivity contribution in [1.82, 2.24) is 5.32 Å². The molecule has 6 rings (SSSR count). The Bertz CT molecular complexity index is 2300. The molecule has 0 spiro atoms. The number of carbonyl (C=O) groups excluding carboxylic acids is 4. The van der Waals surface area contributed by atoms with Crippen LogP contribution in [-0.4, -0.2) is 36.1 Å². The van der Waals surface area contributed by atoms with E-state index in [0.29, 0.717) is 27.4 Å². The van der Waals surface area contributed by atoms with E-state index < -0.39 is 23.0 Å². The maximum absolute atomic E-state index is 13.7. The van der Waals surface area contributed by atoms with E-state index in [9.17, 15) is 19.2 Å². The highest BCUT2D eigenvalue weighted by atomic mass is 32.2. The summed E-state index contributed by atoms with van der Waals surface area (Å²) in [6.07, 6.45) is 1.63. The number of ether oxygens (including phenoxy) is 1. The number of benzene rings is 5. The lowest BCUT2D eigenvalue weighted by molar-refractivity contribution is -0.115. The number of carbonyl (C=O) groups is 4. The van der Waals surface area contributed by atoms with Crippen LogP contribution in [0.5, 0.6) is 0 Å². The first-order chi connectivity index (χ1) is 26.2. The predicted molar refractivity (Wildman–Crippen MR) is 219 cm³/mol. The molecule has 1 unspecified atom stereocenters. The Morgan fingerprint density at radius 2 is 1.39 bits per heavy atom. The molecule has 0 fully saturated rings. The lowest BCUT2D eigenvalue weighted by Gasteiger charge is -2.14. The van der Waals surface area contributed by atoms with E-state index in [1.54, 1.807) is 55.5 Å². The minimum Gasteiger partial charge on any atom is -0.465 e. The number of hydrogen-bond acceptors (Lipinski definition) is 7. The monoisotopic (exact) mass is 751 g/mol. The summed E-state index contributed by atoms with van der Waals surface area (Å²) >= 11 is 2.56. The van der Waals surface area contributed by atoms with Gasteiger partial charge in [-0.25, -0.2) is 4.79 Å². The zero-order valence-electron chi connectivity index (χ0n) is 29.8. The molecule has 0 bridgehead atoms. The number of anilines is 2. The molecule has 3 N–H and O–H groups in total. The Kier molecular flexibility index (Phi) is 12.2. The van der Waals surface area contributed by atoms with E-state index >= 15 is 0 Å². The molecule has 0 radical (unpaired) electrons. The van der Waals surface area contributed by atoms with Crippen LogP contribution in [0.3, 0.4) is 0 Å². The molecule has 3 amide bonds. The van der Waals surface area contributed by atoms with E-state index in [0.717, 1.165) is 32.7 Å². The van der Waals surface area contributed by atoms with E-state index in [1.807, 2.05) is 103 Å². The molecule has 1 atom stereocenters. The first-order valence-corrected chi connectivity index (χ1v) is 18.8. The van der Waals surface area contributed by atoms with Crippen LogP contribution in [0.15, 0.2) is 149 Å². The fourth-order valence-corrected chi connectivity index (χ4v) is 7.42. The van der Waals surface area contributed by atoms with Crippen molar-refractivity contribution in [1.29, 1.82) is 0 Å². The molecule has 0 aliphatic rings. The van der Waals surface area contributed by atoms with Crippen molar-refractivity contribution in [2.75, 3.05) is 17.7 Å². The number of thiophene rings is 1. The summed E-state index contributed by atoms with van der Waals surface area (Å²) in [7, 11) is 1.31. The van der Waals surface area contributed by atoms with Crippen LogP contribution in [0.1, 0.15) is 38.8 Å². The van der Waals surface area contributed by atoms with Crippen molar-refractivity contribution < 1.29 is 23.9 Å². The molecule has 0 aliphatic carbocycles. The smallest absolute Gasteiger partial charge is 0.341 e. The maximum Gasteiger partial charge on any atom is 0.341 e. The van der Waals surface area contributed by atoms with E-state index in [4.69, 9.17) is 4.74 Å². The van der Waals surface area contributed by atoms with Crippen LogP contribution < -0.4 is 16.0 Å². The van der Waals surface area contributed by atoms with E-state index in [-0.39, 0.29) is 11.6 Å². The minimum absolute atomic E-state index is 0.0597. The van der Waals surface area contributed by atoms with Crippen molar-refractivity contribution in [2.45, 2.75) is 24.0 Å². The standard InChI is InChI=1S/C44H37N3O5S2/c1-28-17-21-33(22-18-28)37-27-53-43(39(37)44(51)52-3)47-40(48)29(2)54-36-16-10-15-35(26-36)45-42(50)38(46-41(49)34-13-8-5-9-14-34)25-30-19-23-32(24-20-30)31-11-6-4-7-12-31/h4-27,29H,1-3H3,(H,45,50)(H,46,49)(H,47,48)/b38-25+. The molecule has 270 valence electrons. The largest absolute Gasteiger partial charge is 0.465 e. The SMILES string of the molecule is COC(=O)c1c(-c2ccc(C)cc2)csc1NC(=O)C(C)Sc1cccc(NC(=O)/C(=C\c2ccc(-c3ccccc3)cc2)NC(=O)c2ccccc2)c1. The number of esters is 1. The first-order valence-electron chi connectivity index (χ1n) is 17.1. The van der Waals surface area contributed by atoms with Crippen molar-refractivity contribution in [3.05, 3.63) is 167 Å². The Morgan fingerprint density at radius 1 is 0.741 bits per heavy atom. The normalized spacial score (nSPS) is 11.6.